The Labute approximate surface area is 69.5 Å². The lowest BCUT2D eigenvalue weighted by Crippen LogP contribution is -1.85. The predicted octanol–water partition coefficient (Wildman–Crippen LogP) is 2.00. The highest BCUT2D eigenvalue weighted by Crippen LogP contribution is 2.22. The number of Topliss-reactive ketones (excluding diaryl/α,β-unsaturated/α-hetero) is 1. The van der Waals surface area contributed by atoms with Crippen LogP contribution in [0.15, 0.2) is 12.1 Å². The van der Waals surface area contributed by atoms with Crippen LogP contribution in [0.3, 0.4) is 0 Å². The van der Waals surface area contributed by atoms with Crippen LogP contribution in [0.1, 0.15) is 34.5 Å². The smallest absolute Gasteiger partial charge is 0.169 e. The summed E-state index contributed by atoms with van der Waals surface area (Å²) in [6, 6.07) is 3.53. The van der Waals surface area contributed by atoms with E-state index in [1.807, 2.05) is 0 Å². The SMILES string of the molecule is CC(=O)c1ccc([C@H](C)O)s1. The molecule has 0 aromatic carbocycles. The van der Waals surface area contributed by atoms with Gasteiger partial charge in [-0.15, -0.1) is 11.3 Å². The van der Waals surface area contributed by atoms with Crippen molar-refractivity contribution in [2.45, 2.75) is 20.0 Å². The first-order chi connectivity index (χ1) is 5.11. The van der Waals surface area contributed by atoms with Crippen molar-refractivity contribution in [2.24, 2.45) is 0 Å². The first kappa shape index (κ1) is 8.43. The zero-order chi connectivity index (χ0) is 8.43. The minimum Gasteiger partial charge on any atom is -0.388 e. The molecule has 0 unspecified atom stereocenters. The molecule has 1 aromatic heterocycles. The van der Waals surface area contributed by atoms with Gasteiger partial charge in [0.15, 0.2) is 5.78 Å². The second-order valence-corrected chi connectivity index (χ2v) is 3.55. The number of ketones is 1. The van der Waals surface area contributed by atoms with Crippen molar-refractivity contribution in [2.75, 3.05) is 0 Å². The molecule has 1 atom stereocenters. The summed E-state index contributed by atoms with van der Waals surface area (Å²) < 4.78 is 0. The predicted molar refractivity (Wildman–Crippen MR) is 45.0 cm³/mol. The third-order valence-corrected chi connectivity index (χ3v) is 2.74. The molecule has 2 nitrogen and oxygen atoms in total. The lowest BCUT2D eigenvalue weighted by molar-refractivity contribution is 0.102. The van der Waals surface area contributed by atoms with Crippen molar-refractivity contribution < 1.29 is 9.90 Å². The minimum atomic E-state index is -0.465. The average Bonchev–Trinajstić information content (AvgIpc) is 2.33. The quantitative estimate of drug-likeness (QED) is 0.689. The summed E-state index contributed by atoms with van der Waals surface area (Å²) >= 11 is 1.35. The fourth-order valence-electron chi connectivity index (χ4n) is 0.767. The van der Waals surface area contributed by atoms with Gasteiger partial charge in [-0.3, -0.25) is 4.79 Å². The summed E-state index contributed by atoms with van der Waals surface area (Å²) in [7, 11) is 0. The van der Waals surface area contributed by atoms with E-state index in [1.54, 1.807) is 19.1 Å². The molecule has 0 spiro atoms. The second kappa shape index (κ2) is 3.15. The van der Waals surface area contributed by atoms with Crippen LogP contribution in [0.5, 0.6) is 0 Å². The molecule has 1 heterocycles. The Bertz CT molecular complexity index is 263. The van der Waals surface area contributed by atoms with Crippen molar-refractivity contribution in [3.8, 4) is 0 Å². The van der Waals surface area contributed by atoms with E-state index in [1.165, 1.54) is 18.3 Å². The summed E-state index contributed by atoms with van der Waals surface area (Å²) in [6.45, 7) is 3.22. The summed E-state index contributed by atoms with van der Waals surface area (Å²) in [5.41, 5.74) is 0. The van der Waals surface area contributed by atoms with Crippen LogP contribution >= 0.6 is 11.3 Å². The Kier molecular flexibility index (Phi) is 2.42. The van der Waals surface area contributed by atoms with Gasteiger partial charge in [-0.25, -0.2) is 0 Å². The Hall–Kier alpha value is -0.670. The van der Waals surface area contributed by atoms with E-state index in [0.29, 0.717) is 4.88 Å². The summed E-state index contributed by atoms with van der Waals surface area (Å²) in [6.07, 6.45) is -0.465. The highest BCUT2D eigenvalue weighted by molar-refractivity contribution is 7.14. The fourth-order valence-corrected chi connectivity index (χ4v) is 1.61. The highest BCUT2D eigenvalue weighted by Gasteiger charge is 2.07. The summed E-state index contributed by atoms with van der Waals surface area (Å²) in [5.74, 6) is 0.0573. The first-order valence-corrected chi connectivity index (χ1v) is 4.21. The van der Waals surface area contributed by atoms with Crippen LogP contribution in [0.4, 0.5) is 0 Å². The summed E-state index contributed by atoms with van der Waals surface area (Å²) in [5, 5.41) is 9.12. The third kappa shape index (κ3) is 1.88. The number of rotatable bonds is 2. The molecule has 0 saturated carbocycles. The molecule has 0 fully saturated rings. The molecule has 0 bridgehead atoms. The maximum Gasteiger partial charge on any atom is 0.169 e. The zero-order valence-corrected chi connectivity index (χ0v) is 7.31. The number of thiophene rings is 1. The Morgan fingerprint density at radius 3 is 2.55 bits per heavy atom. The minimum absolute atomic E-state index is 0.0573. The van der Waals surface area contributed by atoms with Crippen molar-refractivity contribution in [3.05, 3.63) is 21.9 Å². The third-order valence-electron chi connectivity index (χ3n) is 1.39. The van der Waals surface area contributed by atoms with Gasteiger partial charge >= 0.3 is 0 Å². The van der Waals surface area contributed by atoms with Crippen molar-refractivity contribution in [3.63, 3.8) is 0 Å². The number of aliphatic hydroxyl groups excluding tert-OH is 1. The number of aliphatic hydroxyl groups is 1. The van der Waals surface area contributed by atoms with E-state index >= 15 is 0 Å². The Morgan fingerprint density at radius 1 is 1.64 bits per heavy atom. The summed E-state index contributed by atoms with van der Waals surface area (Å²) in [4.78, 5) is 12.4. The average molecular weight is 170 g/mol. The standard InChI is InChI=1S/C8H10O2S/c1-5(9)7-3-4-8(11-7)6(2)10/h3-5,9H,1-2H3/t5-/m0/s1. The van der Waals surface area contributed by atoms with E-state index in [0.717, 1.165) is 4.88 Å². The van der Waals surface area contributed by atoms with Crippen LogP contribution in [-0.4, -0.2) is 10.9 Å². The van der Waals surface area contributed by atoms with Gasteiger partial charge in [0.2, 0.25) is 0 Å². The number of carbonyl (C=O) groups is 1. The largest absolute Gasteiger partial charge is 0.388 e. The highest BCUT2D eigenvalue weighted by atomic mass is 32.1. The molecule has 1 aromatic rings. The lowest BCUT2D eigenvalue weighted by atomic mass is 10.3. The monoisotopic (exact) mass is 170 g/mol. The van der Waals surface area contributed by atoms with Crippen molar-refractivity contribution in [1.82, 2.24) is 0 Å². The molecule has 0 aliphatic heterocycles. The number of carbonyl (C=O) groups excluding carboxylic acids is 1. The number of hydrogen-bond donors (Lipinski definition) is 1. The molecular weight excluding hydrogens is 160 g/mol. The molecular formula is C8H10O2S. The zero-order valence-electron chi connectivity index (χ0n) is 6.50. The molecule has 60 valence electrons. The molecule has 0 aliphatic rings. The van der Waals surface area contributed by atoms with E-state index in [9.17, 15) is 4.79 Å². The fraction of sp³-hybridized carbons (Fsp3) is 0.375. The van der Waals surface area contributed by atoms with Gasteiger partial charge < -0.3 is 5.11 Å². The first-order valence-electron chi connectivity index (χ1n) is 3.40. The maximum atomic E-state index is 10.8. The van der Waals surface area contributed by atoms with Gasteiger partial charge in [-0.05, 0) is 26.0 Å². The van der Waals surface area contributed by atoms with Crippen LogP contribution in [0.2, 0.25) is 0 Å². The van der Waals surface area contributed by atoms with E-state index in [-0.39, 0.29) is 5.78 Å². The van der Waals surface area contributed by atoms with Gasteiger partial charge in [0.25, 0.3) is 0 Å². The molecule has 3 heteroatoms. The van der Waals surface area contributed by atoms with Gasteiger partial charge in [-0.2, -0.15) is 0 Å². The lowest BCUT2D eigenvalue weighted by Gasteiger charge is -1.96. The second-order valence-electron chi connectivity index (χ2n) is 2.43. The van der Waals surface area contributed by atoms with Crippen LogP contribution < -0.4 is 0 Å². The number of hydrogen-bond acceptors (Lipinski definition) is 3. The Morgan fingerprint density at radius 2 is 2.27 bits per heavy atom. The molecule has 0 aliphatic carbocycles. The molecule has 0 radical (unpaired) electrons. The van der Waals surface area contributed by atoms with Gasteiger partial charge in [0.1, 0.15) is 0 Å². The van der Waals surface area contributed by atoms with Crippen molar-refractivity contribution >= 4 is 17.1 Å². The molecule has 11 heavy (non-hydrogen) atoms. The van der Waals surface area contributed by atoms with Gasteiger partial charge in [0, 0.05) is 4.88 Å². The normalized spacial score (nSPS) is 13.0. The topological polar surface area (TPSA) is 37.3 Å². The van der Waals surface area contributed by atoms with Crippen LogP contribution in [0.25, 0.3) is 0 Å². The van der Waals surface area contributed by atoms with Gasteiger partial charge in [0.05, 0.1) is 11.0 Å². The van der Waals surface area contributed by atoms with Crippen molar-refractivity contribution in [1.29, 1.82) is 0 Å². The van der Waals surface area contributed by atoms with E-state index in [2.05, 4.69) is 0 Å². The molecule has 0 amide bonds. The van der Waals surface area contributed by atoms with Gasteiger partial charge in [-0.1, -0.05) is 0 Å². The maximum absolute atomic E-state index is 10.8. The molecule has 1 rings (SSSR count). The molecule has 1 N–H and O–H groups in total. The van der Waals surface area contributed by atoms with Crippen LogP contribution in [-0.2, 0) is 0 Å². The molecule has 0 saturated heterocycles. The van der Waals surface area contributed by atoms with E-state index in [4.69, 9.17) is 5.11 Å². The Balaban J connectivity index is 2.90. The van der Waals surface area contributed by atoms with Crippen LogP contribution in [0, 0.1) is 0 Å². The van der Waals surface area contributed by atoms with E-state index < -0.39 is 6.10 Å².